The molecule has 7 heteroatoms. The van der Waals surface area contributed by atoms with E-state index in [0.717, 1.165) is 51.9 Å². The van der Waals surface area contributed by atoms with Crippen LogP contribution in [0.25, 0.3) is 0 Å². The molecule has 2 N–H and O–H groups in total. The van der Waals surface area contributed by atoms with Gasteiger partial charge in [0.05, 0.1) is 6.04 Å². The fraction of sp³-hybridized carbons (Fsp3) is 0.667. The Hall–Kier alpha value is -2.12. The van der Waals surface area contributed by atoms with Crippen LogP contribution in [-0.2, 0) is 16.1 Å². The van der Waals surface area contributed by atoms with Gasteiger partial charge in [0.2, 0.25) is 11.8 Å². The van der Waals surface area contributed by atoms with E-state index >= 15 is 0 Å². The highest BCUT2D eigenvalue weighted by Gasteiger charge is 2.43. The van der Waals surface area contributed by atoms with Gasteiger partial charge in [0.1, 0.15) is 0 Å². The third-order valence-electron chi connectivity index (χ3n) is 7.07. The van der Waals surface area contributed by atoms with E-state index in [-0.39, 0.29) is 23.9 Å². The van der Waals surface area contributed by atoms with Gasteiger partial charge in [0.15, 0.2) is 0 Å². The van der Waals surface area contributed by atoms with E-state index in [1.54, 1.807) is 0 Å². The molecule has 3 saturated heterocycles. The van der Waals surface area contributed by atoms with Crippen molar-refractivity contribution in [1.29, 1.82) is 0 Å². The summed E-state index contributed by atoms with van der Waals surface area (Å²) in [4.78, 5) is 31.5. The van der Waals surface area contributed by atoms with Crippen molar-refractivity contribution >= 4 is 17.5 Å². The summed E-state index contributed by atoms with van der Waals surface area (Å²) in [5.74, 6) is 0.418. The van der Waals surface area contributed by atoms with E-state index in [2.05, 4.69) is 44.7 Å². The predicted molar refractivity (Wildman–Crippen MR) is 123 cm³/mol. The highest BCUT2D eigenvalue weighted by Crippen LogP contribution is 2.26. The molecule has 3 atom stereocenters. The molecule has 2 amide bonds. The fourth-order valence-electron chi connectivity index (χ4n) is 5.16. The Balaban J connectivity index is 1.28. The Morgan fingerprint density at radius 3 is 2.61 bits per heavy atom. The van der Waals surface area contributed by atoms with Gasteiger partial charge in [-0.3, -0.25) is 14.5 Å². The summed E-state index contributed by atoms with van der Waals surface area (Å²) >= 11 is 0. The molecule has 3 aliphatic rings. The van der Waals surface area contributed by atoms with Crippen molar-refractivity contribution in [2.75, 3.05) is 45.2 Å². The molecule has 1 aromatic carbocycles. The normalized spacial score (nSPS) is 26.5. The SMILES string of the molecule is CN(C)c1ccc(CNC2CC3C(=O)NCC(CCC(=O)N4CCCCC4)N3C2)cc1. The first-order chi connectivity index (χ1) is 15.0. The summed E-state index contributed by atoms with van der Waals surface area (Å²) in [6, 6.07) is 9.07. The van der Waals surface area contributed by atoms with Crippen molar-refractivity contribution in [2.24, 2.45) is 0 Å². The van der Waals surface area contributed by atoms with Gasteiger partial charge in [-0.25, -0.2) is 0 Å². The lowest BCUT2D eigenvalue weighted by Crippen LogP contribution is -2.58. The van der Waals surface area contributed by atoms with Gasteiger partial charge in [0.25, 0.3) is 0 Å². The number of carbonyl (C=O) groups is 2. The van der Waals surface area contributed by atoms with Crippen LogP contribution < -0.4 is 15.5 Å². The first-order valence-corrected chi connectivity index (χ1v) is 11.8. The van der Waals surface area contributed by atoms with Crippen LogP contribution in [0.15, 0.2) is 24.3 Å². The number of carbonyl (C=O) groups excluding carboxylic acids is 2. The molecule has 3 aliphatic heterocycles. The molecule has 0 radical (unpaired) electrons. The average molecular weight is 428 g/mol. The maximum Gasteiger partial charge on any atom is 0.237 e. The highest BCUT2D eigenvalue weighted by molar-refractivity contribution is 5.83. The van der Waals surface area contributed by atoms with Gasteiger partial charge < -0.3 is 20.4 Å². The number of hydrogen-bond donors (Lipinski definition) is 2. The molecule has 3 heterocycles. The average Bonchev–Trinajstić information content (AvgIpc) is 3.23. The molecule has 1 aromatic rings. The van der Waals surface area contributed by atoms with Crippen molar-refractivity contribution in [1.82, 2.24) is 20.4 Å². The number of amides is 2. The van der Waals surface area contributed by atoms with Crippen molar-refractivity contribution in [2.45, 2.75) is 63.2 Å². The van der Waals surface area contributed by atoms with Crippen LogP contribution in [0.5, 0.6) is 0 Å². The summed E-state index contributed by atoms with van der Waals surface area (Å²) < 4.78 is 0. The Morgan fingerprint density at radius 1 is 1.16 bits per heavy atom. The molecule has 0 aromatic heterocycles. The second-order valence-corrected chi connectivity index (χ2v) is 9.47. The molecule has 0 saturated carbocycles. The number of anilines is 1. The topological polar surface area (TPSA) is 67.9 Å². The molecule has 0 aliphatic carbocycles. The lowest BCUT2D eigenvalue weighted by Gasteiger charge is -2.37. The Kier molecular flexibility index (Phi) is 7.13. The molecule has 3 unspecified atom stereocenters. The standard InChI is InChI=1S/C24H37N5O2/c1-27(2)20-8-6-18(7-9-20)15-25-19-14-22-24(31)26-16-21(29(22)17-19)10-11-23(30)28-12-4-3-5-13-28/h6-9,19,21-22,25H,3-5,10-17H2,1-2H3,(H,26,31). The monoisotopic (exact) mass is 427 g/mol. The van der Waals surface area contributed by atoms with Crippen molar-refractivity contribution in [3.05, 3.63) is 29.8 Å². The van der Waals surface area contributed by atoms with Crippen LogP contribution in [-0.4, -0.2) is 80.0 Å². The zero-order valence-corrected chi connectivity index (χ0v) is 19.0. The smallest absolute Gasteiger partial charge is 0.237 e. The van der Waals surface area contributed by atoms with E-state index in [9.17, 15) is 9.59 Å². The number of hydrogen-bond acceptors (Lipinski definition) is 5. The fourth-order valence-corrected chi connectivity index (χ4v) is 5.16. The lowest BCUT2D eigenvalue weighted by atomic mass is 10.0. The summed E-state index contributed by atoms with van der Waals surface area (Å²) in [5.41, 5.74) is 2.45. The number of benzene rings is 1. The number of fused-ring (bicyclic) bond motifs is 1. The first kappa shape index (κ1) is 22.1. The Labute approximate surface area is 186 Å². The van der Waals surface area contributed by atoms with E-state index in [0.29, 0.717) is 19.0 Å². The maximum absolute atomic E-state index is 12.6. The molecule has 3 fully saturated rings. The van der Waals surface area contributed by atoms with Crippen LogP contribution in [0, 0.1) is 0 Å². The summed E-state index contributed by atoms with van der Waals surface area (Å²) in [6.45, 7) is 4.15. The minimum Gasteiger partial charge on any atom is -0.378 e. The quantitative estimate of drug-likeness (QED) is 0.692. The van der Waals surface area contributed by atoms with E-state index in [4.69, 9.17) is 0 Å². The Morgan fingerprint density at radius 2 is 1.90 bits per heavy atom. The number of nitrogens with zero attached hydrogens (tertiary/aromatic N) is 3. The largest absolute Gasteiger partial charge is 0.378 e. The van der Waals surface area contributed by atoms with E-state index in [1.807, 2.05) is 19.0 Å². The van der Waals surface area contributed by atoms with Gasteiger partial charge in [-0.1, -0.05) is 12.1 Å². The zero-order chi connectivity index (χ0) is 21.8. The van der Waals surface area contributed by atoms with E-state index < -0.39 is 0 Å². The molecule has 0 bridgehead atoms. The molecule has 0 spiro atoms. The van der Waals surface area contributed by atoms with Crippen LogP contribution in [0.3, 0.4) is 0 Å². The number of likely N-dealkylation sites (tertiary alicyclic amines) is 1. The van der Waals surface area contributed by atoms with Gasteiger partial charge in [0, 0.05) is 71.0 Å². The first-order valence-electron chi connectivity index (χ1n) is 11.8. The lowest BCUT2D eigenvalue weighted by molar-refractivity contribution is -0.133. The second kappa shape index (κ2) is 10.0. The number of nitrogens with one attached hydrogen (secondary N) is 2. The molecular formula is C24H37N5O2. The number of piperidine rings is 1. The summed E-state index contributed by atoms with van der Waals surface area (Å²) in [5, 5.41) is 6.73. The highest BCUT2D eigenvalue weighted by atomic mass is 16.2. The molecule has 7 nitrogen and oxygen atoms in total. The molecule has 4 rings (SSSR count). The third-order valence-corrected chi connectivity index (χ3v) is 7.07. The molecular weight excluding hydrogens is 390 g/mol. The molecule has 31 heavy (non-hydrogen) atoms. The number of piperazine rings is 1. The van der Waals surface area contributed by atoms with Crippen LogP contribution in [0.4, 0.5) is 5.69 Å². The minimum atomic E-state index is -0.0718. The second-order valence-electron chi connectivity index (χ2n) is 9.47. The van der Waals surface area contributed by atoms with Crippen LogP contribution in [0.2, 0.25) is 0 Å². The number of rotatable bonds is 7. The zero-order valence-electron chi connectivity index (χ0n) is 19.0. The molecule has 170 valence electrons. The van der Waals surface area contributed by atoms with Gasteiger partial charge in [-0.05, 0) is 49.8 Å². The minimum absolute atomic E-state index is 0.0718. The van der Waals surface area contributed by atoms with Crippen molar-refractivity contribution in [3.8, 4) is 0 Å². The third kappa shape index (κ3) is 5.39. The van der Waals surface area contributed by atoms with Crippen molar-refractivity contribution < 1.29 is 9.59 Å². The summed E-state index contributed by atoms with van der Waals surface area (Å²) in [7, 11) is 4.09. The Bertz CT molecular complexity index is 760. The van der Waals surface area contributed by atoms with E-state index in [1.165, 1.54) is 17.7 Å². The van der Waals surface area contributed by atoms with Gasteiger partial charge in [-0.2, -0.15) is 0 Å². The predicted octanol–water partition coefficient (Wildman–Crippen LogP) is 1.58. The maximum atomic E-state index is 12.6. The summed E-state index contributed by atoms with van der Waals surface area (Å²) in [6.07, 6.45) is 5.74. The van der Waals surface area contributed by atoms with Crippen LogP contribution in [0.1, 0.15) is 44.1 Å². The van der Waals surface area contributed by atoms with Crippen LogP contribution >= 0.6 is 0 Å². The van der Waals surface area contributed by atoms with Gasteiger partial charge in [-0.15, -0.1) is 0 Å². The van der Waals surface area contributed by atoms with Gasteiger partial charge >= 0.3 is 0 Å². The van der Waals surface area contributed by atoms with Crippen molar-refractivity contribution in [3.63, 3.8) is 0 Å².